The second-order valence-corrected chi connectivity index (χ2v) is 5.82. The second-order valence-electron chi connectivity index (χ2n) is 5.82. The van der Waals surface area contributed by atoms with Crippen LogP contribution >= 0.6 is 0 Å². The highest BCUT2D eigenvalue weighted by Crippen LogP contribution is 2.34. The molecular weight excluding hydrogens is 268 g/mol. The van der Waals surface area contributed by atoms with Gasteiger partial charge in [0, 0.05) is 13.1 Å². The molecule has 2 fully saturated rings. The Balaban J connectivity index is 1.77. The first-order valence-electron chi connectivity index (χ1n) is 7.55. The van der Waals surface area contributed by atoms with Crippen LogP contribution in [-0.2, 0) is 4.79 Å². The van der Waals surface area contributed by atoms with Crippen molar-refractivity contribution in [2.45, 2.75) is 37.5 Å². The van der Waals surface area contributed by atoms with E-state index in [1.54, 1.807) is 7.11 Å². The van der Waals surface area contributed by atoms with E-state index in [9.17, 15) is 9.90 Å². The van der Waals surface area contributed by atoms with Crippen molar-refractivity contribution in [2.75, 3.05) is 20.2 Å². The van der Waals surface area contributed by atoms with Crippen LogP contribution in [0.5, 0.6) is 5.75 Å². The van der Waals surface area contributed by atoms with E-state index >= 15 is 0 Å². The molecule has 114 valence electrons. The van der Waals surface area contributed by atoms with Crippen molar-refractivity contribution in [2.24, 2.45) is 0 Å². The smallest absolute Gasteiger partial charge is 0.240 e. The van der Waals surface area contributed by atoms with E-state index in [2.05, 4.69) is 11.4 Å². The van der Waals surface area contributed by atoms with Crippen LogP contribution < -0.4 is 10.1 Å². The van der Waals surface area contributed by atoms with Gasteiger partial charge in [-0.2, -0.15) is 0 Å². The molecule has 2 aliphatic heterocycles. The molecule has 5 heteroatoms. The first kappa shape index (κ1) is 14.4. The number of nitrogens with zero attached hydrogens (tertiary/aromatic N) is 1. The lowest BCUT2D eigenvalue weighted by atomic mass is 10.0. The number of benzene rings is 1. The van der Waals surface area contributed by atoms with E-state index in [4.69, 9.17) is 4.74 Å². The molecule has 0 saturated carbocycles. The number of rotatable bonds is 3. The predicted molar refractivity (Wildman–Crippen MR) is 79.1 cm³/mol. The fourth-order valence-electron chi connectivity index (χ4n) is 3.33. The Bertz CT molecular complexity index is 520. The number of ether oxygens (including phenoxy) is 1. The number of likely N-dealkylation sites (tertiary alicyclic amines) is 1. The topological polar surface area (TPSA) is 61.8 Å². The summed E-state index contributed by atoms with van der Waals surface area (Å²) >= 11 is 0. The van der Waals surface area contributed by atoms with E-state index in [0.717, 1.165) is 30.7 Å². The largest absolute Gasteiger partial charge is 0.497 e. The maximum absolute atomic E-state index is 12.7. The van der Waals surface area contributed by atoms with Gasteiger partial charge < -0.3 is 20.1 Å². The van der Waals surface area contributed by atoms with Crippen LogP contribution in [-0.4, -0.2) is 48.3 Å². The van der Waals surface area contributed by atoms with Crippen LogP contribution in [0.25, 0.3) is 0 Å². The number of nitrogens with one attached hydrogen (secondary N) is 1. The number of hydrogen-bond donors (Lipinski definition) is 2. The van der Waals surface area contributed by atoms with Crippen LogP contribution in [0.15, 0.2) is 24.3 Å². The average molecular weight is 290 g/mol. The molecule has 0 radical (unpaired) electrons. The first-order valence-corrected chi connectivity index (χ1v) is 7.55. The van der Waals surface area contributed by atoms with E-state index < -0.39 is 6.10 Å². The van der Waals surface area contributed by atoms with Gasteiger partial charge in [0.05, 0.1) is 25.3 Å². The SMILES string of the molecule is COc1cccc(C2CCCN2C(=O)C2CC(O)CN2)c1. The van der Waals surface area contributed by atoms with Gasteiger partial charge in [0.25, 0.3) is 0 Å². The molecule has 2 N–H and O–H groups in total. The number of amides is 1. The van der Waals surface area contributed by atoms with Crippen molar-refractivity contribution in [3.8, 4) is 5.75 Å². The summed E-state index contributed by atoms with van der Waals surface area (Å²) in [5.41, 5.74) is 1.12. The Morgan fingerprint density at radius 3 is 3.05 bits per heavy atom. The summed E-state index contributed by atoms with van der Waals surface area (Å²) in [5, 5.41) is 12.7. The number of hydrogen-bond acceptors (Lipinski definition) is 4. The van der Waals surface area contributed by atoms with Gasteiger partial charge in [-0.3, -0.25) is 4.79 Å². The quantitative estimate of drug-likeness (QED) is 0.874. The highest BCUT2D eigenvalue weighted by molar-refractivity contribution is 5.83. The Kier molecular flexibility index (Phi) is 4.12. The number of methoxy groups -OCH3 is 1. The van der Waals surface area contributed by atoms with Gasteiger partial charge in [0.2, 0.25) is 5.91 Å². The Labute approximate surface area is 124 Å². The fourth-order valence-corrected chi connectivity index (χ4v) is 3.33. The fraction of sp³-hybridized carbons (Fsp3) is 0.562. The number of carbonyl (C=O) groups is 1. The number of β-amino-alcohol motifs (C(OH)–C–C–N with tert-alkyl or cyclic N) is 1. The molecule has 0 aliphatic carbocycles. The normalized spacial score (nSPS) is 28.9. The third-order valence-electron chi connectivity index (χ3n) is 4.42. The standard InChI is InChI=1S/C16H22N2O3/c1-21-13-5-2-4-11(8-13)15-6-3-7-18(15)16(20)14-9-12(19)10-17-14/h2,4-5,8,12,14-15,17,19H,3,6-7,9-10H2,1H3. The van der Waals surface area contributed by atoms with Gasteiger partial charge in [-0.15, -0.1) is 0 Å². The number of aliphatic hydroxyl groups is 1. The van der Waals surface area contributed by atoms with E-state index in [1.165, 1.54) is 0 Å². The zero-order chi connectivity index (χ0) is 14.8. The number of aliphatic hydroxyl groups excluding tert-OH is 1. The Hall–Kier alpha value is -1.59. The summed E-state index contributed by atoms with van der Waals surface area (Å²) in [6, 6.07) is 7.81. The van der Waals surface area contributed by atoms with Gasteiger partial charge in [-0.1, -0.05) is 12.1 Å². The summed E-state index contributed by atoms with van der Waals surface area (Å²) in [4.78, 5) is 14.6. The zero-order valence-corrected chi connectivity index (χ0v) is 12.3. The van der Waals surface area contributed by atoms with Crippen LogP contribution in [0.4, 0.5) is 0 Å². The summed E-state index contributed by atoms with van der Waals surface area (Å²) in [5.74, 6) is 0.929. The van der Waals surface area contributed by atoms with Crippen molar-refractivity contribution in [1.29, 1.82) is 0 Å². The van der Waals surface area contributed by atoms with Crippen molar-refractivity contribution >= 4 is 5.91 Å². The molecule has 2 heterocycles. The molecule has 2 aliphatic rings. The monoisotopic (exact) mass is 290 g/mol. The van der Waals surface area contributed by atoms with Crippen LogP contribution in [0, 0.1) is 0 Å². The van der Waals surface area contributed by atoms with Gasteiger partial charge in [0.1, 0.15) is 5.75 Å². The van der Waals surface area contributed by atoms with Gasteiger partial charge >= 0.3 is 0 Å². The minimum Gasteiger partial charge on any atom is -0.497 e. The molecule has 0 bridgehead atoms. The molecule has 3 unspecified atom stereocenters. The zero-order valence-electron chi connectivity index (χ0n) is 12.3. The minimum atomic E-state index is -0.406. The third kappa shape index (κ3) is 2.89. The molecule has 0 aromatic heterocycles. The lowest BCUT2D eigenvalue weighted by molar-refractivity contribution is -0.134. The van der Waals surface area contributed by atoms with Crippen molar-refractivity contribution in [3.63, 3.8) is 0 Å². The molecule has 0 spiro atoms. The summed E-state index contributed by atoms with van der Waals surface area (Å²) in [6.45, 7) is 1.29. The summed E-state index contributed by atoms with van der Waals surface area (Å²) in [7, 11) is 1.65. The molecule has 2 saturated heterocycles. The minimum absolute atomic E-state index is 0.108. The maximum Gasteiger partial charge on any atom is 0.240 e. The maximum atomic E-state index is 12.7. The van der Waals surface area contributed by atoms with Gasteiger partial charge in [-0.25, -0.2) is 0 Å². The molecule has 21 heavy (non-hydrogen) atoms. The lowest BCUT2D eigenvalue weighted by Crippen LogP contribution is -2.43. The summed E-state index contributed by atoms with van der Waals surface area (Å²) in [6.07, 6.45) is 2.11. The highest BCUT2D eigenvalue weighted by Gasteiger charge is 2.37. The highest BCUT2D eigenvalue weighted by atomic mass is 16.5. The Morgan fingerprint density at radius 2 is 2.33 bits per heavy atom. The van der Waals surface area contributed by atoms with E-state index in [0.29, 0.717) is 13.0 Å². The average Bonchev–Trinajstić information content (AvgIpc) is 3.15. The van der Waals surface area contributed by atoms with Crippen molar-refractivity contribution < 1.29 is 14.6 Å². The summed E-state index contributed by atoms with van der Waals surface area (Å²) < 4.78 is 5.28. The molecule has 3 rings (SSSR count). The van der Waals surface area contributed by atoms with Crippen LogP contribution in [0.1, 0.15) is 30.9 Å². The second kappa shape index (κ2) is 6.03. The first-order chi connectivity index (χ1) is 10.2. The molecule has 1 amide bonds. The molecule has 5 nitrogen and oxygen atoms in total. The molecular formula is C16H22N2O3. The van der Waals surface area contributed by atoms with E-state index in [1.807, 2.05) is 23.1 Å². The van der Waals surface area contributed by atoms with Crippen LogP contribution in [0.3, 0.4) is 0 Å². The molecule has 1 aromatic carbocycles. The van der Waals surface area contributed by atoms with Crippen molar-refractivity contribution in [3.05, 3.63) is 29.8 Å². The Morgan fingerprint density at radius 1 is 1.48 bits per heavy atom. The van der Waals surface area contributed by atoms with Crippen molar-refractivity contribution in [1.82, 2.24) is 10.2 Å². The molecule has 1 aromatic rings. The van der Waals surface area contributed by atoms with Gasteiger partial charge in [0.15, 0.2) is 0 Å². The number of carbonyl (C=O) groups excluding carboxylic acids is 1. The molecule has 3 atom stereocenters. The van der Waals surface area contributed by atoms with Gasteiger partial charge in [-0.05, 0) is 37.0 Å². The predicted octanol–water partition coefficient (Wildman–Crippen LogP) is 1.08. The third-order valence-corrected chi connectivity index (χ3v) is 4.42. The lowest BCUT2D eigenvalue weighted by Gasteiger charge is -2.28. The van der Waals surface area contributed by atoms with E-state index in [-0.39, 0.29) is 18.0 Å². The van der Waals surface area contributed by atoms with Crippen LogP contribution in [0.2, 0.25) is 0 Å².